The molecule has 2 aliphatic heterocycles. The Labute approximate surface area is 98.5 Å². The van der Waals surface area contributed by atoms with E-state index in [1.54, 1.807) is 0 Å². The van der Waals surface area contributed by atoms with Crippen LogP contribution >= 0.6 is 22.6 Å². The van der Waals surface area contributed by atoms with Crippen molar-refractivity contribution in [2.45, 2.75) is 16.4 Å². The predicted molar refractivity (Wildman–Crippen MR) is 53.4 cm³/mol. The molecule has 0 bridgehead atoms. The summed E-state index contributed by atoms with van der Waals surface area (Å²) in [4.78, 5) is 21.3. The third-order valence-electron chi connectivity index (χ3n) is 1.88. The second kappa shape index (κ2) is 4.39. The summed E-state index contributed by atoms with van der Waals surface area (Å²) in [7, 11) is 0. The minimum atomic E-state index is -0.698. The molecule has 8 heteroatoms. The summed E-state index contributed by atoms with van der Waals surface area (Å²) in [5.41, 5.74) is 0. The third kappa shape index (κ3) is 2.62. The lowest BCUT2D eigenvalue weighted by atomic mass is 10.4. The topological polar surface area (TPSA) is 83.1 Å². The fraction of sp³-hybridized carbons (Fsp3) is 0.714. The summed E-state index contributed by atoms with van der Waals surface area (Å²) < 4.78 is 18.6. The fourth-order valence-corrected chi connectivity index (χ4v) is 1.94. The van der Waals surface area contributed by atoms with Crippen LogP contribution in [0, 0.1) is 0 Å². The SMILES string of the molecule is O=C1OCC(NC(I)C2COC(=O)O2)O1. The van der Waals surface area contributed by atoms with Gasteiger partial charge in [-0.25, -0.2) is 9.59 Å². The molecular weight excluding hydrogens is 321 g/mol. The van der Waals surface area contributed by atoms with E-state index in [2.05, 4.69) is 14.8 Å². The van der Waals surface area contributed by atoms with Crippen molar-refractivity contribution in [1.82, 2.24) is 5.32 Å². The Morgan fingerprint density at radius 2 is 1.87 bits per heavy atom. The van der Waals surface area contributed by atoms with Crippen LogP contribution in [0.4, 0.5) is 9.59 Å². The lowest BCUT2D eigenvalue weighted by Gasteiger charge is -2.18. The molecule has 0 saturated carbocycles. The number of rotatable bonds is 3. The summed E-state index contributed by atoms with van der Waals surface area (Å²) >= 11 is 2.04. The number of carbonyl (C=O) groups is 2. The lowest BCUT2D eigenvalue weighted by molar-refractivity contribution is 0.0915. The van der Waals surface area contributed by atoms with Gasteiger partial charge in [0.25, 0.3) is 0 Å². The monoisotopic (exact) mass is 329 g/mol. The van der Waals surface area contributed by atoms with Crippen molar-refractivity contribution in [3.8, 4) is 0 Å². The van der Waals surface area contributed by atoms with Crippen LogP contribution in [-0.4, -0.2) is 41.9 Å². The number of hydrogen-bond donors (Lipinski definition) is 1. The van der Waals surface area contributed by atoms with Crippen LogP contribution in [0.3, 0.4) is 0 Å². The van der Waals surface area contributed by atoms with Crippen LogP contribution in [0.15, 0.2) is 0 Å². The first kappa shape index (κ1) is 10.7. The van der Waals surface area contributed by atoms with Gasteiger partial charge in [-0.3, -0.25) is 5.32 Å². The van der Waals surface area contributed by atoms with Crippen molar-refractivity contribution in [2.75, 3.05) is 13.2 Å². The Bertz CT molecular complexity index is 285. The number of halogens is 1. The standard InChI is InChI=1S/C7H8INO6/c8-5(3-1-12-6(10)14-3)9-4-2-13-7(11)15-4/h3-5,9H,1-2H2. The van der Waals surface area contributed by atoms with Crippen LogP contribution in [0.5, 0.6) is 0 Å². The van der Waals surface area contributed by atoms with E-state index in [0.717, 1.165) is 0 Å². The molecule has 0 amide bonds. The molecule has 0 aromatic rings. The van der Waals surface area contributed by atoms with E-state index in [1.807, 2.05) is 22.6 Å². The van der Waals surface area contributed by atoms with E-state index in [4.69, 9.17) is 9.47 Å². The third-order valence-corrected chi connectivity index (χ3v) is 3.04. The molecule has 2 rings (SSSR count). The Morgan fingerprint density at radius 1 is 1.20 bits per heavy atom. The molecule has 0 aromatic carbocycles. The summed E-state index contributed by atoms with van der Waals surface area (Å²) in [6, 6.07) is 0. The zero-order chi connectivity index (χ0) is 10.8. The Balaban J connectivity index is 1.79. The van der Waals surface area contributed by atoms with Crippen LogP contribution in [0.2, 0.25) is 0 Å². The van der Waals surface area contributed by atoms with Gasteiger partial charge in [-0.1, -0.05) is 22.6 Å². The average molecular weight is 329 g/mol. The number of cyclic esters (lactones) is 4. The first-order chi connectivity index (χ1) is 7.15. The first-order valence-electron chi connectivity index (χ1n) is 4.22. The predicted octanol–water partition coefficient (Wildman–Crippen LogP) is 0.365. The maximum atomic E-state index is 10.7. The summed E-state index contributed by atoms with van der Waals surface area (Å²) in [5, 5.41) is 2.93. The normalized spacial score (nSPS) is 31.5. The van der Waals surface area contributed by atoms with Crippen molar-refractivity contribution in [2.24, 2.45) is 0 Å². The summed E-state index contributed by atoms with van der Waals surface area (Å²) in [6.45, 7) is 0.348. The molecular formula is C7H8INO6. The molecule has 2 saturated heterocycles. The number of hydrogen-bond acceptors (Lipinski definition) is 7. The second-order valence-corrected chi connectivity index (χ2v) is 4.30. The van der Waals surface area contributed by atoms with E-state index in [9.17, 15) is 9.59 Å². The number of carbonyl (C=O) groups excluding carboxylic acids is 2. The van der Waals surface area contributed by atoms with E-state index in [0.29, 0.717) is 0 Å². The van der Waals surface area contributed by atoms with Crippen molar-refractivity contribution in [3.63, 3.8) is 0 Å². The Kier molecular flexibility index (Phi) is 3.14. The summed E-state index contributed by atoms with van der Waals surface area (Å²) in [6.07, 6.45) is -2.25. The van der Waals surface area contributed by atoms with Gasteiger partial charge in [0, 0.05) is 0 Å². The second-order valence-electron chi connectivity index (χ2n) is 2.95. The molecule has 3 unspecified atom stereocenters. The maximum absolute atomic E-state index is 10.7. The van der Waals surface area contributed by atoms with Crippen molar-refractivity contribution >= 4 is 34.9 Å². The van der Waals surface area contributed by atoms with E-state index in [1.165, 1.54) is 0 Å². The van der Waals surface area contributed by atoms with Gasteiger partial charge in [-0.05, 0) is 0 Å². The van der Waals surface area contributed by atoms with Gasteiger partial charge < -0.3 is 18.9 Å². The van der Waals surface area contributed by atoms with E-state index < -0.39 is 18.5 Å². The maximum Gasteiger partial charge on any atom is 0.510 e. The van der Waals surface area contributed by atoms with Crippen LogP contribution in [0.25, 0.3) is 0 Å². The Morgan fingerprint density at radius 3 is 2.40 bits per heavy atom. The van der Waals surface area contributed by atoms with E-state index in [-0.39, 0.29) is 23.4 Å². The average Bonchev–Trinajstić information content (AvgIpc) is 2.75. The molecule has 3 atom stereocenters. The lowest BCUT2D eigenvalue weighted by Crippen LogP contribution is -2.43. The van der Waals surface area contributed by atoms with Crippen LogP contribution < -0.4 is 5.32 Å². The molecule has 84 valence electrons. The largest absolute Gasteiger partial charge is 0.510 e. The van der Waals surface area contributed by atoms with Gasteiger partial charge in [0.2, 0.25) is 0 Å². The van der Waals surface area contributed by atoms with Gasteiger partial charge in [-0.15, -0.1) is 0 Å². The minimum Gasteiger partial charge on any atom is -0.430 e. The number of ether oxygens (including phenoxy) is 4. The minimum absolute atomic E-state index is 0.153. The zero-order valence-electron chi connectivity index (χ0n) is 7.47. The van der Waals surface area contributed by atoms with Gasteiger partial charge >= 0.3 is 12.3 Å². The molecule has 0 spiro atoms. The molecule has 2 aliphatic rings. The first-order valence-corrected chi connectivity index (χ1v) is 5.46. The number of alkyl halides is 1. The highest BCUT2D eigenvalue weighted by atomic mass is 127. The molecule has 0 radical (unpaired) electrons. The highest BCUT2D eigenvalue weighted by Crippen LogP contribution is 2.16. The van der Waals surface area contributed by atoms with Crippen molar-refractivity contribution < 1.29 is 28.5 Å². The molecule has 1 N–H and O–H groups in total. The number of nitrogens with one attached hydrogen (secondary N) is 1. The van der Waals surface area contributed by atoms with Crippen molar-refractivity contribution in [3.05, 3.63) is 0 Å². The Hall–Kier alpha value is -0.770. The quantitative estimate of drug-likeness (QED) is 0.347. The summed E-state index contributed by atoms with van der Waals surface area (Å²) in [5.74, 6) is 0. The van der Waals surface area contributed by atoms with Crippen LogP contribution in [0.1, 0.15) is 0 Å². The van der Waals surface area contributed by atoms with Crippen molar-refractivity contribution in [1.29, 1.82) is 0 Å². The van der Waals surface area contributed by atoms with E-state index >= 15 is 0 Å². The molecule has 2 fully saturated rings. The molecule has 7 nitrogen and oxygen atoms in total. The zero-order valence-corrected chi connectivity index (χ0v) is 9.63. The van der Waals surface area contributed by atoms with Gasteiger partial charge in [-0.2, -0.15) is 0 Å². The molecule has 0 aliphatic carbocycles. The molecule has 2 heterocycles. The fourth-order valence-electron chi connectivity index (χ4n) is 1.18. The van der Waals surface area contributed by atoms with Gasteiger partial charge in [0.05, 0.1) is 0 Å². The smallest absolute Gasteiger partial charge is 0.430 e. The molecule has 0 aromatic heterocycles. The highest BCUT2D eigenvalue weighted by Gasteiger charge is 2.35. The van der Waals surface area contributed by atoms with Gasteiger partial charge in [0.1, 0.15) is 17.3 Å². The van der Waals surface area contributed by atoms with Gasteiger partial charge in [0.15, 0.2) is 12.3 Å². The molecule has 15 heavy (non-hydrogen) atoms. The van der Waals surface area contributed by atoms with Crippen LogP contribution in [-0.2, 0) is 18.9 Å². The highest BCUT2D eigenvalue weighted by molar-refractivity contribution is 14.1.